The molecule has 0 N–H and O–H groups in total. The second kappa shape index (κ2) is 8.90. The van der Waals surface area contributed by atoms with Crippen molar-refractivity contribution in [3.63, 3.8) is 0 Å². The number of fused-ring (bicyclic) bond motifs is 2. The molecule has 2 aromatic carbocycles. The highest BCUT2D eigenvalue weighted by molar-refractivity contribution is 5.84. The van der Waals surface area contributed by atoms with E-state index >= 15 is 0 Å². The maximum atomic E-state index is 5.93. The number of rotatable bonds is 6. The highest BCUT2D eigenvalue weighted by atomic mass is 16.5. The van der Waals surface area contributed by atoms with Gasteiger partial charge in [-0.05, 0) is 85.0 Å². The zero-order chi connectivity index (χ0) is 22.1. The lowest BCUT2D eigenvalue weighted by atomic mass is 9.86. The molecule has 4 rings (SSSR count). The van der Waals surface area contributed by atoms with Crippen LogP contribution in [0.15, 0.2) is 42.6 Å². The Morgan fingerprint density at radius 2 is 1.84 bits per heavy atom. The number of nitrogens with zero attached hydrogens (tertiary/aromatic N) is 2. The van der Waals surface area contributed by atoms with Crippen LogP contribution in [0, 0.1) is 0 Å². The second-order valence-corrected chi connectivity index (χ2v) is 9.52. The Morgan fingerprint density at radius 3 is 2.55 bits per heavy atom. The fourth-order valence-corrected chi connectivity index (χ4v) is 4.91. The first-order chi connectivity index (χ1) is 14.9. The van der Waals surface area contributed by atoms with Crippen molar-refractivity contribution in [3.05, 3.63) is 64.8 Å². The normalized spacial score (nSPS) is 14.8. The van der Waals surface area contributed by atoms with Crippen LogP contribution >= 0.6 is 0 Å². The molecule has 164 valence electrons. The molecule has 1 aliphatic rings. The third kappa shape index (κ3) is 4.28. The summed E-state index contributed by atoms with van der Waals surface area (Å²) in [5, 5.41) is 1.32. The lowest BCUT2D eigenvalue weighted by molar-refractivity contribution is 0.302. The molecule has 0 saturated carbocycles. The Balaban J connectivity index is 1.69. The number of anilines is 1. The number of aromatic nitrogens is 1. The Hall–Kier alpha value is -2.55. The van der Waals surface area contributed by atoms with Crippen molar-refractivity contribution < 1.29 is 4.74 Å². The van der Waals surface area contributed by atoms with Gasteiger partial charge in [0.05, 0.1) is 17.7 Å². The summed E-state index contributed by atoms with van der Waals surface area (Å²) >= 11 is 0. The van der Waals surface area contributed by atoms with Gasteiger partial charge in [0.1, 0.15) is 12.4 Å². The molecule has 0 bridgehead atoms. The number of hydrogen-bond donors (Lipinski definition) is 0. The Labute approximate surface area is 187 Å². The standard InChI is InChI=1S/C28H36N2O/c1-7-21-8-10-25-24(15-21)28(18(2)3)23(17-29-25)14-20(6)22-9-11-27-26(16-22)30(19(4)5)12-13-31-27/h8-11,15-20H,7,12-14H2,1-6H3. The monoisotopic (exact) mass is 416 g/mol. The number of pyridine rings is 1. The van der Waals surface area contributed by atoms with E-state index in [-0.39, 0.29) is 0 Å². The summed E-state index contributed by atoms with van der Waals surface area (Å²) in [6.45, 7) is 15.4. The van der Waals surface area contributed by atoms with Gasteiger partial charge in [-0.1, -0.05) is 39.8 Å². The van der Waals surface area contributed by atoms with Crippen LogP contribution in [0.3, 0.4) is 0 Å². The summed E-state index contributed by atoms with van der Waals surface area (Å²) in [5.74, 6) is 1.89. The molecule has 31 heavy (non-hydrogen) atoms. The highest BCUT2D eigenvalue weighted by Crippen LogP contribution is 2.37. The second-order valence-electron chi connectivity index (χ2n) is 9.52. The van der Waals surface area contributed by atoms with Crippen molar-refractivity contribution in [1.82, 2.24) is 4.98 Å². The maximum absolute atomic E-state index is 5.93. The zero-order valence-electron chi connectivity index (χ0n) is 19.9. The van der Waals surface area contributed by atoms with Crippen LogP contribution in [0.1, 0.15) is 75.6 Å². The first kappa shape index (κ1) is 21.7. The smallest absolute Gasteiger partial charge is 0.142 e. The highest BCUT2D eigenvalue weighted by Gasteiger charge is 2.22. The molecular formula is C28H36N2O. The molecule has 0 radical (unpaired) electrons. The van der Waals surface area contributed by atoms with Gasteiger partial charge in [-0.3, -0.25) is 4.98 Å². The molecule has 1 atom stereocenters. The van der Waals surface area contributed by atoms with Crippen molar-refractivity contribution >= 4 is 16.6 Å². The molecule has 0 aliphatic carbocycles. The van der Waals surface area contributed by atoms with Gasteiger partial charge in [0, 0.05) is 17.6 Å². The minimum atomic E-state index is 0.410. The fraction of sp³-hybridized carbons (Fsp3) is 0.464. The van der Waals surface area contributed by atoms with E-state index in [0.717, 1.165) is 37.3 Å². The van der Waals surface area contributed by atoms with E-state index in [4.69, 9.17) is 9.72 Å². The minimum absolute atomic E-state index is 0.410. The third-order valence-corrected chi connectivity index (χ3v) is 6.64. The Morgan fingerprint density at radius 1 is 1.03 bits per heavy atom. The van der Waals surface area contributed by atoms with Crippen molar-refractivity contribution in [3.8, 4) is 5.75 Å². The summed E-state index contributed by atoms with van der Waals surface area (Å²) in [6.07, 6.45) is 4.16. The predicted molar refractivity (Wildman–Crippen MR) is 132 cm³/mol. The SMILES string of the molecule is CCc1ccc2ncc(CC(C)c3ccc4c(c3)N(C(C)C)CCO4)c(C(C)C)c2c1. The van der Waals surface area contributed by atoms with E-state index in [2.05, 4.69) is 89.0 Å². The van der Waals surface area contributed by atoms with Gasteiger partial charge in [-0.2, -0.15) is 0 Å². The topological polar surface area (TPSA) is 25.4 Å². The van der Waals surface area contributed by atoms with Gasteiger partial charge in [0.15, 0.2) is 0 Å². The van der Waals surface area contributed by atoms with Crippen LogP contribution in [0.25, 0.3) is 10.9 Å². The lowest BCUT2D eigenvalue weighted by Crippen LogP contribution is -2.38. The number of benzene rings is 2. The molecule has 3 aromatic rings. The van der Waals surface area contributed by atoms with Gasteiger partial charge < -0.3 is 9.64 Å². The largest absolute Gasteiger partial charge is 0.490 e. The molecule has 1 aromatic heterocycles. The van der Waals surface area contributed by atoms with Crippen molar-refractivity contribution in [2.45, 2.75) is 72.3 Å². The Kier molecular flexibility index (Phi) is 6.22. The molecule has 0 amide bonds. The molecule has 3 nitrogen and oxygen atoms in total. The lowest BCUT2D eigenvalue weighted by Gasteiger charge is -2.35. The van der Waals surface area contributed by atoms with E-state index in [1.165, 1.54) is 33.3 Å². The number of hydrogen-bond acceptors (Lipinski definition) is 3. The number of aryl methyl sites for hydroxylation is 1. The van der Waals surface area contributed by atoms with Gasteiger partial charge in [0.25, 0.3) is 0 Å². The van der Waals surface area contributed by atoms with E-state index in [1.807, 2.05) is 0 Å². The first-order valence-electron chi connectivity index (χ1n) is 11.8. The quantitative estimate of drug-likeness (QED) is 0.438. The molecular weight excluding hydrogens is 380 g/mol. The average Bonchev–Trinajstić information content (AvgIpc) is 2.77. The van der Waals surface area contributed by atoms with E-state index in [0.29, 0.717) is 17.9 Å². The van der Waals surface area contributed by atoms with Gasteiger partial charge in [0.2, 0.25) is 0 Å². The van der Waals surface area contributed by atoms with E-state index in [9.17, 15) is 0 Å². The van der Waals surface area contributed by atoms with Gasteiger partial charge in [-0.15, -0.1) is 0 Å². The molecule has 0 fully saturated rings. The number of ether oxygens (including phenoxy) is 1. The molecule has 3 heteroatoms. The molecule has 1 aliphatic heterocycles. The van der Waals surface area contributed by atoms with Crippen LogP contribution in [-0.4, -0.2) is 24.2 Å². The zero-order valence-corrected chi connectivity index (χ0v) is 19.9. The van der Waals surface area contributed by atoms with Crippen LogP contribution in [0.4, 0.5) is 5.69 Å². The van der Waals surface area contributed by atoms with Crippen LogP contribution < -0.4 is 9.64 Å². The molecule has 0 spiro atoms. The summed E-state index contributed by atoms with van der Waals surface area (Å²) < 4.78 is 5.93. The van der Waals surface area contributed by atoms with Crippen LogP contribution in [0.5, 0.6) is 5.75 Å². The van der Waals surface area contributed by atoms with Gasteiger partial charge >= 0.3 is 0 Å². The summed E-state index contributed by atoms with van der Waals surface area (Å²) in [6, 6.07) is 13.9. The van der Waals surface area contributed by atoms with Crippen LogP contribution in [-0.2, 0) is 12.8 Å². The predicted octanol–water partition coefficient (Wildman–Crippen LogP) is 6.87. The minimum Gasteiger partial charge on any atom is -0.490 e. The average molecular weight is 417 g/mol. The van der Waals surface area contributed by atoms with Crippen molar-refractivity contribution in [1.29, 1.82) is 0 Å². The summed E-state index contributed by atoms with van der Waals surface area (Å²) in [7, 11) is 0. The molecule has 1 unspecified atom stereocenters. The van der Waals surface area contributed by atoms with Crippen molar-refractivity contribution in [2.75, 3.05) is 18.1 Å². The Bertz CT molecular complexity index is 1070. The summed E-state index contributed by atoms with van der Waals surface area (Å²) in [5.41, 5.74) is 7.92. The summed E-state index contributed by atoms with van der Waals surface area (Å²) in [4.78, 5) is 7.28. The van der Waals surface area contributed by atoms with E-state index < -0.39 is 0 Å². The van der Waals surface area contributed by atoms with Crippen molar-refractivity contribution in [2.24, 2.45) is 0 Å². The van der Waals surface area contributed by atoms with E-state index in [1.54, 1.807) is 0 Å². The maximum Gasteiger partial charge on any atom is 0.142 e. The fourth-order valence-electron chi connectivity index (χ4n) is 4.91. The first-order valence-corrected chi connectivity index (χ1v) is 11.8. The molecule has 0 saturated heterocycles. The third-order valence-electron chi connectivity index (χ3n) is 6.64. The molecule has 2 heterocycles. The van der Waals surface area contributed by atoms with Crippen LogP contribution in [0.2, 0.25) is 0 Å². The van der Waals surface area contributed by atoms with Gasteiger partial charge in [-0.25, -0.2) is 0 Å².